The Bertz CT molecular complexity index is 1020. The summed E-state index contributed by atoms with van der Waals surface area (Å²) in [5.74, 6) is -0.357. The summed E-state index contributed by atoms with van der Waals surface area (Å²) >= 11 is 0. The highest BCUT2D eigenvalue weighted by molar-refractivity contribution is 5.91. The quantitative estimate of drug-likeness (QED) is 0.614. The molecule has 1 aliphatic carbocycles. The van der Waals surface area contributed by atoms with Crippen molar-refractivity contribution >= 4 is 17.2 Å². The van der Waals surface area contributed by atoms with Crippen LogP contribution in [0.5, 0.6) is 5.75 Å². The smallest absolute Gasteiger partial charge is 0.225 e. The third-order valence-electron chi connectivity index (χ3n) is 6.42. The maximum absolute atomic E-state index is 14.7. The molecule has 3 nitrogen and oxygen atoms in total. The monoisotopic (exact) mass is 411 g/mol. The zero-order valence-electron chi connectivity index (χ0n) is 17.6. The van der Waals surface area contributed by atoms with Gasteiger partial charge in [0.15, 0.2) is 0 Å². The number of benzene rings is 2. The fraction of sp³-hybridized carbons (Fsp3) is 0.400. The number of anilines is 1. The van der Waals surface area contributed by atoms with Gasteiger partial charge in [0.25, 0.3) is 0 Å². The van der Waals surface area contributed by atoms with Crippen molar-refractivity contribution in [2.45, 2.75) is 52.4 Å². The number of rotatable bonds is 5. The molecule has 1 amide bonds. The Hall–Kier alpha value is -2.69. The zero-order valence-corrected chi connectivity index (χ0v) is 17.6. The third-order valence-corrected chi connectivity index (χ3v) is 6.42. The van der Waals surface area contributed by atoms with Crippen molar-refractivity contribution in [2.24, 2.45) is 5.41 Å². The van der Waals surface area contributed by atoms with Gasteiger partial charge in [-0.15, -0.1) is 0 Å². The number of ether oxygens (including phenoxy) is 1. The second kappa shape index (κ2) is 7.86. The molecule has 30 heavy (non-hydrogen) atoms. The van der Waals surface area contributed by atoms with Gasteiger partial charge in [0.05, 0.1) is 6.61 Å². The Labute approximate surface area is 176 Å². The summed E-state index contributed by atoms with van der Waals surface area (Å²) in [6.45, 7) is 6.45. The van der Waals surface area contributed by atoms with Crippen molar-refractivity contribution in [3.8, 4) is 5.75 Å². The predicted molar refractivity (Wildman–Crippen MR) is 115 cm³/mol. The van der Waals surface area contributed by atoms with E-state index in [0.717, 1.165) is 36.0 Å². The molecule has 1 atom stereocenters. The minimum atomic E-state index is -0.345. The first kappa shape index (κ1) is 20.6. The molecule has 1 fully saturated rings. The van der Waals surface area contributed by atoms with Crippen molar-refractivity contribution in [3.63, 3.8) is 0 Å². The summed E-state index contributed by atoms with van der Waals surface area (Å²) < 4.78 is 34.0. The Morgan fingerprint density at radius 1 is 1.17 bits per heavy atom. The first-order chi connectivity index (χ1) is 14.3. The van der Waals surface area contributed by atoms with Gasteiger partial charge in [-0.3, -0.25) is 4.79 Å². The van der Waals surface area contributed by atoms with Gasteiger partial charge in [0, 0.05) is 35.1 Å². The maximum atomic E-state index is 14.7. The zero-order chi connectivity index (χ0) is 21.5. The van der Waals surface area contributed by atoms with E-state index in [1.165, 1.54) is 18.2 Å². The number of amides is 1. The van der Waals surface area contributed by atoms with Crippen LogP contribution >= 0.6 is 0 Å². The molecular weight excluding hydrogens is 384 g/mol. The van der Waals surface area contributed by atoms with E-state index in [9.17, 15) is 13.6 Å². The van der Waals surface area contributed by atoms with E-state index >= 15 is 0 Å². The SMILES string of the molecule is CCC(=C(C)C)c1ccc(NC(=O)CC2c3ccc(F)cc3OCC23CC3)cc1F. The van der Waals surface area contributed by atoms with Gasteiger partial charge < -0.3 is 10.1 Å². The fourth-order valence-corrected chi connectivity index (χ4v) is 4.60. The molecule has 2 aromatic carbocycles. The van der Waals surface area contributed by atoms with Crippen LogP contribution in [0.4, 0.5) is 14.5 Å². The summed E-state index contributed by atoms with van der Waals surface area (Å²) in [4.78, 5) is 12.8. The first-order valence-electron chi connectivity index (χ1n) is 10.5. The number of carbonyl (C=O) groups is 1. The molecule has 0 saturated heterocycles. The molecule has 0 radical (unpaired) electrons. The highest BCUT2D eigenvalue weighted by Crippen LogP contribution is 2.61. The second-order valence-electron chi connectivity index (χ2n) is 8.66. The van der Waals surface area contributed by atoms with Crippen LogP contribution in [-0.2, 0) is 4.79 Å². The fourth-order valence-electron chi connectivity index (χ4n) is 4.60. The van der Waals surface area contributed by atoms with Gasteiger partial charge in [-0.1, -0.05) is 18.6 Å². The molecule has 1 unspecified atom stereocenters. The van der Waals surface area contributed by atoms with Gasteiger partial charge in [0.2, 0.25) is 5.91 Å². The topological polar surface area (TPSA) is 38.3 Å². The Kier molecular flexibility index (Phi) is 5.39. The number of halogens is 2. The van der Waals surface area contributed by atoms with Crippen LogP contribution in [0.1, 0.15) is 63.5 Å². The number of carbonyl (C=O) groups excluding carboxylic acids is 1. The molecular formula is C25H27F2NO2. The van der Waals surface area contributed by atoms with Crippen molar-refractivity contribution < 1.29 is 18.3 Å². The van der Waals surface area contributed by atoms with Gasteiger partial charge in [0.1, 0.15) is 17.4 Å². The lowest BCUT2D eigenvalue weighted by Crippen LogP contribution is -2.30. The van der Waals surface area contributed by atoms with Crippen LogP contribution in [0, 0.1) is 17.0 Å². The number of fused-ring (bicyclic) bond motifs is 1. The second-order valence-corrected chi connectivity index (χ2v) is 8.66. The largest absolute Gasteiger partial charge is 0.493 e. The Balaban J connectivity index is 1.52. The Morgan fingerprint density at radius 2 is 1.93 bits per heavy atom. The van der Waals surface area contributed by atoms with Crippen molar-refractivity contribution in [3.05, 3.63) is 64.7 Å². The van der Waals surface area contributed by atoms with Crippen molar-refractivity contribution in [1.82, 2.24) is 0 Å². The standard InChI is InChI=1S/C25H27F2NO2/c1-4-18(15(2)3)19-8-6-17(12-22(19)27)28-24(29)13-21-20-7-5-16(26)11-23(20)30-14-25(21)9-10-25/h5-8,11-12,21H,4,9-10,13-14H2,1-3H3,(H,28,29). The van der Waals surface area contributed by atoms with E-state index < -0.39 is 0 Å². The predicted octanol–water partition coefficient (Wildman–Crippen LogP) is 6.45. The van der Waals surface area contributed by atoms with Crippen LogP contribution in [-0.4, -0.2) is 12.5 Å². The summed E-state index contributed by atoms with van der Waals surface area (Å²) in [7, 11) is 0. The molecule has 0 bridgehead atoms. The van der Waals surface area contributed by atoms with Crippen molar-refractivity contribution in [2.75, 3.05) is 11.9 Å². The van der Waals surface area contributed by atoms with Crippen LogP contribution in [0.2, 0.25) is 0 Å². The van der Waals surface area contributed by atoms with Gasteiger partial charge >= 0.3 is 0 Å². The van der Waals surface area contributed by atoms with Crippen LogP contribution < -0.4 is 10.1 Å². The molecule has 1 saturated carbocycles. The summed E-state index contributed by atoms with van der Waals surface area (Å²) in [6.07, 6.45) is 3.00. The maximum Gasteiger partial charge on any atom is 0.225 e. The normalized spacial score (nSPS) is 18.4. The third kappa shape index (κ3) is 3.85. The van der Waals surface area contributed by atoms with Gasteiger partial charge in [-0.05, 0) is 68.5 Å². The van der Waals surface area contributed by atoms with E-state index in [0.29, 0.717) is 23.6 Å². The molecule has 1 spiro atoms. The molecule has 1 heterocycles. The van der Waals surface area contributed by atoms with E-state index in [2.05, 4.69) is 5.32 Å². The molecule has 4 rings (SSSR count). The minimum absolute atomic E-state index is 0.0247. The van der Waals surface area contributed by atoms with Crippen LogP contribution in [0.3, 0.4) is 0 Å². The summed E-state index contributed by atoms with van der Waals surface area (Å²) in [6, 6.07) is 9.38. The highest BCUT2D eigenvalue weighted by atomic mass is 19.1. The molecule has 1 N–H and O–H groups in total. The molecule has 2 aromatic rings. The van der Waals surface area contributed by atoms with Crippen LogP contribution in [0.25, 0.3) is 5.57 Å². The van der Waals surface area contributed by atoms with E-state index in [1.807, 2.05) is 20.8 Å². The molecule has 0 aromatic heterocycles. The molecule has 2 aliphatic rings. The number of hydrogen-bond acceptors (Lipinski definition) is 2. The first-order valence-corrected chi connectivity index (χ1v) is 10.5. The summed E-state index contributed by atoms with van der Waals surface area (Å²) in [5.41, 5.74) is 3.92. The Morgan fingerprint density at radius 3 is 2.57 bits per heavy atom. The molecule has 5 heteroatoms. The molecule has 1 aliphatic heterocycles. The number of nitrogens with one attached hydrogen (secondary N) is 1. The van der Waals surface area contributed by atoms with E-state index in [4.69, 9.17) is 4.74 Å². The lowest BCUT2D eigenvalue weighted by Gasteiger charge is -2.33. The highest BCUT2D eigenvalue weighted by Gasteiger charge is 2.54. The van der Waals surface area contributed by atoms with Gasteiger partial charge in [-0.25, -0.2) is 8.78 Å². The average Bonchev–Trinajstić information content (AvgIpc) is 3.47. The van der Waals surface area contributed by atoms with Gasteiger partial charge in [-0.2, -0.15) is 0 Å². The van der Waals surface area contributed by atoms with Crippen molar-refractivity contribution in [1.29, 1.82) is 0 Å². The lowest BCUT2D eigenvalue weighted by molar-refractivity contribution is -0.117. The summed E-state index contributed by atoms with van der Waals surface area (Å²) in [5, 5.41) is 2.84. The number of allylic oxidation sites excluding steroid dienone is 2. The number of hydrogen-bond donors (Lipinski definition) is 1. The average molecular weight is 411 g/mol. The lowest BCUT2D eigenvalue weighted by atomic mass is 9.79. The van der Waals surface area contributed by atoms with Crippen LogP contribution in [0.15, 0.2) is 42.0 Å². The molecule has 158 valence electrons. The minimum Gasteiger partial charge on any atom is -0.493 e. The van der Waals surface area contributed by atoms with E-state index in [-0.39, 0.29) is 35.3 Å². The van der Waals surface area contributed by atoms with E-state index in [1.54, 1.807) is 18.2 Å².